The second kappa shape index (κ2) is 4.77. The van der Waals surface area contributed by atoms with Gasteiger partial charge in [-0.3, -0.25) is 4.79 Å². The molecule has 0 bridgehead atoms. The fraction of sp³-hybridized carbons (Fsp3) is 0.0909. The summed E-state index contributed by atoms with van der Waals surface area (Å²) in [4.78, 5) is 11.5. The number of rotatable bonds is 2. The van der Waals surface area contributed by atoms with Crippen LogP contribution < -0.4 is 11.3 Å². The van der Waals surface area contributed by atoms with Crippen LogP contribution in [0.15, 0.2) is 35.1 Å². The molecule has 1 aromatic carbocycles. The van der Waals surface area contributed by atoms with E-state index < -0.39 is 0 Å². The Bertz CT molecular complexity index is 610. The van der Waals surface area contributed by atoms with Crippen LogP contribution >= 0.6 is 23.2 Å². The van der Waals surface area contributed by atoms with Crippen molar-refractivity contribution in [3.63, 3.8) is 0 Å². The SMILES string of the molecule is Nc1ccc(=O)n(Cc2cc(Cl)ccc2Cl)n1. The van der Waals surface area contributed by atoms with Gasteiger partial charge in [-0.05, 0) is 29.8 Å². The van der Waals surface area contributed by atoms with Crippen LogP contribution in [0.2, 0.25) is 10.0 Å². The number of aromatic nitrogens is 2. The summed E-state index contributed by atoms with van der Waals surface area (Å²) >= 11 is 11.9. The molecule has 1 aromatic heterocycles. The van der Waals surface area contributed by atoms with Gasteiger partial charge in [-0.25, -0.2) is 4.68 Å². The minimum absolute atomic E-state index is 0.239. The summed E-state index contributed by atoms with van der Waals surface area (Å²) in [6.45, 7) is 0.239. The second-order valence-electron chi connectivity index (χ2n) is 3.49. The van der Waals surface area contributed by atoms with E-state index in [-0.39, 0.29) is 17.9 Å². The zero-order valence-electron chi connectivity index (χ0n) is 8.73. The van der Waals surface area contributed by atoms with E-state index in [0.717, 1.165) is 5.56 Å². The van der Waals surface area contributed by atoms with Crippen LogP contribution in [0.3, 0.4) is 0 Å². The first-order chi connectivity index (χ1) is 8.06. The van der Waals surface area contributed by atoms with Crippen molar-refractivity contribution in [1.29, 1.82) is 0 Å². The van der Waals surface area contributed by atoms with Crippen LogP contribution in [0.4, 0.5) is 5.82 Å². The molecule has 0 saturated carbocycles. The molecular formula is C11H9Cl2N3O. The molecule has 0 saturated heterocycles. The smallest absolute Gasteiger partial charge is 0.267 e. The largest absolute Gasteiger partial charge is 0.382 e. The minimum atomic E-state index is -0.241. The minimum Gasteiger partial charge on any atom is -0.382 e. The topological polar surface area (TPSA) is 60.9 Å². The highest BCUT2D eigenvalue weighted by molar-refractivity contribution is 6.33. The van der Waals surface area contributed by atoms with Gasteiger partial charge in [-0.15, -0.1) is 0 Å². The molecule has 2 rings (SSSR count). The van der Waals surface area contributed by atoms with E-state index in [0.29, 0.717) is 10.0 Å². The number of nitrogen functional groups attached to an aromatic ring is 1. The van der Waals surface area contributed by atoms with E-state index in [2.05, 4.69) is 5.10 Å². The van der Waals surface area contributed by atoms with Crippen LogP contribution in [0.5, 0.6) is 0 Å². The predicted octanol–water partition coefficient (Wildman–Crippen LogP) is 2.18. The molecule has 1 heterocycles. The van der Waals surface area contributed by atoms with E-state index in [9.17, 15) is 4.79 Å². The third-order valence-corrected chi connectivity index (χ3v) is 2.82. The molecule has 0 atom stereocenters. The molecule has 0 amide bonds. The highest BCUT2D eigenvalue weighted by Crippen LogP contribution is 2.20. The summed E-state index contributed by atoms with van der Waals surface area (Å²) in [6, 6.07) is 7.87. The van der Waals surface area contributed by atoms with E-state index in [1.54, 1.807) is 18.2 Å². The lowest BCUT2D eigenvalue weighted by molar-refractivity contribution is 0.644. The fourth-order valence-electron chi connectivity index (χ4n) is 1.40. The Labute approximate surface area is 108 Å². The maximum absolute atomic E-state index is 11.5. The van der Waals surface area contributed by atoms with Gasteiger partial charge in [0.05, 0.1) is 6.54 Å². The standard InChI is InChI=1S/C11H9Cl2N3O/c12-8-1-2-9(13)7(5-8)6-16-11(17)4-3-10(14)15-16/h1-5H,6H2,(H2,14,15). The molecular weight excluding hydrogens is 261 g/mol. The summed E-state index contributed by atoms with van der Waals surface area (Å²) in [5.41, 5.74) is 6.00. The first-order valence-electron chi connectivity index (χ1n) is 4.84. The Morgan fingerprint density at radius 3 is 2.76 bits per heavy atom. The molecule has 17 heavy (non-hydrogen) atoms. The third-order valence-electron chi connectivity index (χ3n) is 2.22. The van der Waals surface area contributed by atoms with Gasteiger partial charge in [0, 0.05) is 16.1 Å². The summed E-state index contributed by atoms with van der Waals surface area (Å²) < 4.78 is 1.24. The summed E-state index contributed by atoms with van der Waals surface area (Å²) in [5.74, 6) is 0.280. The molecule has 2 N–H and O–H groups in total. The van der Waals surface area contributed by atoms with Gasteiger partial charge in [0.25, 0.3) is 5.56 Å². The van der Waals surface area contributed by atoms with Gasteiger partial charge in [0.15, 0.2) is 0 Å². The summed E-state index contributed by atoms with van der Waals surface area (Å²) in [7, 11) is 0. The van der Waals surface area contributed by atoms with Crippen LogP contribution in [-0.4, -0.2) is 9.78 Å². The molecule has 2 aromatic rings. The maximum Gasteiger partial charge on any atom is 0.267 e. The first kappa shape index (κ1) is 12.0. The Balaban J connectivity index is 2.41. The van der Waals surface area contributed by atoms with E-state index in [1.807, 2.05) is 0 Å². The Morgan fingerprint density at radius 1 is 1.24 bits per heavy atom. The number of halogens is 2. The van der Waals surface area contributed by atoms with Crippen molar-refractivity contribution >= 4 is 29.0 Å². The zero-order valence-corrected chi connectivity index (χ0v) is 10.2. The molecule has 0 spiro atoms. The number of benzene rings is 1. The van der Waals surface area contributed by atoms with E-state index in [1.165, 1.54) is 16.8 Å². The van der Waals surface area contributed by atoms with Crippen molar-refractivity contribution in [2.24, 2.45) is 0 Å². The summed E-state index contributed by atoms with van der Waals surface area (Å²) in [6.07, 6.45) is 0. The van der Waals surface area contributed by atoms with Crippen LogP contribution in [0.25, 0.3) is 0 Å². The highest BCUT2D eigenvalue weighted by atomic mass is 35.5. The van der Waals surface area contributed by atoms with E-state index in [4.69, 9.17) is 28.9 Å². The third kappa shape index (κ3) is 2.78. The molecule has 0 radical (unpaired) electrons. The normalized spacial score (nSPS) is 10.5. The molecule has 0 aliphatic carbocycles. The van der Waals surface area contributed by atoms with Crippen LogP contribution in [-0.2, 0) is 6.54 Å². The molecule has 6 heteroatoms. The molecule has 0 aliphatic heterocycles. The van der Waals surface area contributed by atoms with E-state index >= 15 is 0 Å². The lowest BCUT2D eigenvalue weighted by Crippen LogP contribution is -2.23. The van der Waals surface area contributed by atoms with Crippen molar-refractivity contribution in [2.45, 2.75) is 6.54 Å². The first-order valence-corrected chi connectivity index (χ1v) is 5.59. The number of nitrogens with two attached hydrogens (primary N) is 1. The molecule has 0 aliphatic rings. The van der Waals surface area contributed by atoms with Crippen molar-refractivity contribution in [3.05, 3.63) is 56.3 Å². The quantitative estimate of drug-likeness (QED) is 0.909. The lowest BCUT2D eigenvalue weighted by atomic mass is 10.2. The number of anilines is 1. The Hall–Kier alpha value is -1.52. The second-order valence-corrected chi connectivity index (χ2v) is 4.33. The van der Waals surface area contributed by atoms with Gasteiger partial charge >= 0.3 is 0 Å². The average molecular weight is 270 g/mol. The molecule has 4 nitrogen and oxygen atoms in total. The molecule has 0 fully saturated rings. The lowest BCUT2D eigenvalue weighted by Gasteiger charge is -2.07. The number of nitrogens with zero attached hydrogens (tertiary/aromatic N) is 2. The van der Waals surface area contributed by atoms with Crippen molar-refractivity contribution in [2.75, 3.05) is 5.73 Å². The van der Waals surface area contributed by atoms with Crippen LogP contribution in [0.1, 0.15) is 5.56 Å². The highest BCUT2D eigenvalue weighted by Gasteiger charge is 2.05. The Morgan fingerprint density at radius 2 is 2.00 bits per heavy atom. The van der Waals surface area contributed by atoms with Gasteiger partial charge in [0.1, 0.15) is 5.82 Å². The summed E-state index contributed by atoms with van der Waals surface area (Å²) in [5, 5.41) is 5.01. The predicted molar refractivity (Wildman–Crippen MR) is 68.5 cm³/mol. The number of hydrogen-bond acceptors (Lipinski definition) is 3. The van der Waals surface area contributed by atoms with Crippen molar-refractivity contribution < 1.29 is 0 Å². The maximum atomic E-state index is 11.5. The van der Waals surface area contributed by atoms with Gasteiger partial charge in [-0.1, -0.05) is 23.2 Å². The van der Waals surface area contributed by atoms with Crippen LogP contribution in [0, 0.1) is 0 Å². The van der Waals surface area contributed by atoms with Gasteiger partial charge < -0.3 is 5.73 Å². The van der Waals surface area contributed by atoms with Crippen molar-refractivity contribution in [1.82, 2.24) is 9.78 Å². The molecule has 88 valence electrons. The monoisotopic (exact) mass is 269 g/mol. The fourth-order valence-corrected chi connectivity index (χ4v) is 1.78. The Kier molecular flexibility index (Phi) is 3.36. The van der Waals surface area contributed by atoms with Gasteiger partial charge in [-0.2, -0.15) is 5.10 Å². The molecule has 0 unspecified atom stereocenters. The number of hydrogen-bond donors (Lipinski definition) is 1. The van der Waals surface area contributed by atoms with Crippen molar-refractivity contribution in [3.8, 4) is 0 Å². The average Bonchev–Trinajstić information content (AvgIpc) is 2.28. The van der Waals surface area contributed by atoms with Gasteiger partial charge in [0.2, 0.25) is 0 Å². The zero-order chi connectivity index (χ0) is 12.4.